The van der Waals surface area contributed by atoms with Crippen molar-refractivity contribution in [1.82, 2.24) is 19.7 Å². The Morgan fingerprint density at radius 1 is 1.00 bits per heavy atom. The molecule has 1 unspecified atom stereocenters. The second-order valence-electron chi connectivity index (χ2n) is 8.35. The number of aromatic nitrogens is 3. The first-order valence-corrected chi connectivity index (χ1v) is 11.0. The number of halogens is 3. The van der Waals surface area contributed by atoms with Crippen LogP contribution in [0.4, 0.5) is 13.2 Å². The number of amides is 1. The maximum absolute atomic E-state index is 13.9. The summed E-state index contributed by atoms with van der Waals surface area (Å²) >= 11 is 0. The molecule has 1 aliphatic heterocycles. The first-order valence-electron chi connectivity index (χ1n) is 11.0. The van der Waals surface area contributed by atoms with E-state index in [0.29, 0.717) is 29.9 Å². The number of nitrogens with zero attached hydrogens (tertiary/aromatic N) is 4. The quantitative estimate of drug-likeness (QED) is 0.401. The lowest BCUT2D eigenvalue weighted by Gasteiger charge is -2.23. The predicted molar refractivity (Wildman–Crippen MR) is 122 cm³/mol. The Kier molecular flexibility index (Phi) is 6.08. The van der Waals surface area contributed by atoms with Gasteiger partial charge in [0.15, 0.2) is 6.23 Å². The van der Waals surface area contributed by atoms with Gasteiger partial charge in [-0.3, -0.25) is 9.78 Å². The number of benzene rings is 2. The predicted octanol–water partition coefficient (Wildman–Crippen LogP) is 4.76. The zero-order valence-electron chi connectivity index (χ0n) is 18.8. The highest BCUT2D eigenvalue weighted by Crippen LogP contribution is 2.35. The van der Waals surface area contributed by atoms with Gasteiger partial charge in [0, 0.05) is 24.4 Å². The lowest BCUT2D eigenvalue weighted by molar-refractivity contribution is -0.128. The smallest absolute Gasteiger partial charge is 0.250 e. The molecule has 1 saturated heterocycles. The Labute approximate surface area is 199 Å². The van der Waals surface area contributed by atoms with Gasteiger partial charge in [0.1, 0.15) is 29.8 Å². The molecule has 9 heteroatoms. The molecule has 2 aromatic carbocycles. The molecular weight excluding hydrogens is 457 g/mol. The van der Waals surface area contributed by atoms with Gasteiger partial charge in [-0.25, -0.2) is 17.9 Å². The molecule has 0 aliphatic carbocycles. The first-order chi connectivity index (χ1) is 16.9. The molecule has 0 spiro atoms. The maximum Gasteiger partial charge on any atom is 0.250 e. The van der Waals surface area contributed by atoms with Gasteiger partial charge in [0.2, 0.25) is 0 Å². The van der Waals surface area contributed by atoms with Crippen molar-refractivity contribution in [2.24, 2.45) is 0 Å². The topological polar surface area (TPSA) is 60.2 Å². The summed E-state index contributed by atoms with van der Waals surface area (Å²) in [6, 6.07) is 13.8. The molecule has 3 heterocycles. The largest absolute Gasteiger partial charge is 0.344 e. The van der Waals surface area contributed by atoms with Crippen LogP contribution in [-0.4, -0.2) is 38.7 Å². The molecule has 4 aromatic rings. The number of hydrogen-bond donors (Lipinski definition) is 0. The molecular formula is C26H21F3N4O2. The van der Waals surface area contributed by atoms with Crippen LogP contribution in [0.2, 0.25) is 0 Å². The first kappa shape index (κ1) is 22.8. The van der Waals surface area contributed by atoms with E-state index in [1.54, 1.807) is 11.1 Å². The zero-order chi connectivity index (χ0) is 24.5. The highest BCUT2D eigenvalue weighted by Gasteiger charge is 2.36. The summed E-state index contributed by atoms with van der Waals surface area (Å²) in [5.74, 6) is -2.23. The number of rotatable bonds is 6. The van der Waals surface area contributed by atoms with Crippen molar-refractivity contribution < 1.29 is 22.7 Å². The summed E-state index contributed by atoms with van der Waals surface area (Å²) in [7, 11) is 0. The molecule has 178 valence electrons. The van der Waals surface area contributed by atoms with E-state index < -0.39 is 23.7 Å². The van der Waals surface area contributed by atoms with Gasteiger partial charge in [-0.15, -0.1) is 0 Å². The second-order valence-corrected chi connectivity index (χ2v) is 8.35. The number of ether oxygens (including phenoxy) is 1. The lowest BCUT2D eigenvalue weighted by atomic mass is 10.1. The lowest BCUT2D eigenvalue weighted by Crippen LogP contribution is -2.30. The Morgan fingerprint density at radius 2 is 1.74 bits per heavy atom. The number of carbonyl (C=O) groups excluding carboxylic acids is 1. The van der Waals surface area contributed by atoms with Crippen LogP contribution in [0.3, 0.4) is 0 Å². The van der Waals surface area contributed by atoms with Gasteiger partial charge in [0.05, 0.1) is 17.6 Å². The SMILES string of the molecule is Cc1ccc(CCN2C(=O)COC2c2cn(-c3cc(F)cc(F)c3)nc2-c2ccc(F)cn2)cc1. The van der Waals surface area contributed by atoms with Gasteiger partial charge < -0.3 is 9.64 Å². The van der Waals surface area contributed by atoms with Crippen molar-refractivity contribution in [3.8, 4) is 17.1 Å². The van der Waals surface area contributed by atoms with Crippen molar-refractivity contribution in [3.63, 3.8) is 0 Å². The van der Waals surface area contributed by atoms with Gasteiger partial charge in [0.25, 0.3) is 5.91 Å². The van der Waals surface area contributed by atoms with Crippen molar-refractivity contribution in [1.29, 1.82) is 0 Å². The second kappa shape index (κ2) is 9.34. The van der Waals surface area contributed by atoms with Gasteiger partial charge in [-0.2, -0.15) is 5.10 Å². The van der Waals surface area contributed by atoms with Crippen LogP contribution in [0.15, 0.2) is 67.0 Å². The molecule has 2 aromatic heterocycles. The van der Waals surface area contributed by atoms with Gasteiger partial charge in [-0.1, -0.05) is 29.8 Å². The molecule has 35 heavy (non-hydrogen) atoms. The van der Waals surface area contributed by atoms with Crippen LogP contribution in [0.5, 0.6) is 0 Å². The molecule has 6 nitrogen and oxygen atoms in total. The molecule has 5 rings (SSSR count). The van der Waals surface area contributed by atoms with Crippen LogP contribution in [-0.2, 0) is 16.0 Å². The average molecular weight is 478 g/mol. The third-order valence-electron chi connectivity index (χ3n) is 5.82. The summed E-state index contributed by atoms with van der Waals surface area (Å²) in [4.78, 5) is 18.4. The van der Waals surface area contributed by atoms with E-state index in [1.165, 1.54) is 16.8 Å². The van der Waals surface area contributed by atoms with E-state index in [1.807, 2.05) is 31.2 Å². The Morgan fingerprint density at radius 3 is 2.43 bits per heavy atom. The summed E-state index contributed by atoms with van der Waals surface area (Å²) in [5, 5.41) is 4.48. The van der Waals surface area contributed by atoms with E-state index in [9.17, 15) is 18.0 Å². The molecule has 1 aliphatic rings. The fourth-order valence-corrected chi connectivity index (χ4v) is 4.04. The normalized spacial score (nSPS) is 15.7. The number of hydrogen-bond acceptors (Lipinski definition) is 4. The standard InChI is InChI=1S/C26H21F3N4O2/c1-16-2-4-17(5-3-16)8-9-32-24(34)15-35-26(32)22-14-33(21-11-19(28)10-20(29)12-21)31-25(22)23-7-6-18(27)13-30-23/h2-7,10-14,26H,8-9,15H2,1H3. The van der Waals surface area contributed by atoms with Crippen LogP contribution >= 0.6 is 0 Å². The van der Waals surface area contributed by atoms with Crippen LogP contribution in [0, 0.1) is 24.4 Å². The molecule has 0 radical (unpaired) electrons. The number of aryl methyl sites for hydroxylation is 1. The minimum Gasteiger partial charge on any atom is -0.344 e. The van der Waals surface area contributed by atoms with E-state index in [-0.39, 0.29) is 18.2 Å². The highest BCUT2D eigenvalue weighted by atomic mass is 19.1. The van der Waals surface area contributed by atoms with Gasteiger partial charge in [-0.05, 0) is 43.2 Å². The third kappa shape index (κ3) is 4.81. The van der Waals surface area contributed by atoms with Crippen molar-refractivity contribution in [2.75, 3.05) is 13.2 Å². The van der Waals surface area contributed by atoms with Crippen molar-refractivity contribution in [3.05, 3.63) is 101 Å². The summed E-state index contributed by atoms with van der Waals surface area (Å²) in [5.41, 5.74) is 3.48. The van der Waals surface area contributed by atoms with Crippen molar-refractivity contribution in [2.45, 2.75) is 19.6 Å². The van der Waals surface area contributed by atoms with Crippen LogP contribution in [0.1, 0.15) is 22.9 Å². The molecule has 1 fully saturated rings. The Hall–Kier alpha value is -3.98. The molecule has 0 bridgehead atoms. The molecule has 0 saturated carbocycles. The summed E-state index contributed by atoms with van der Waals surface area (Å²) in [6.07, 6.45) is 2.42. The Balaban J connectivity index is 1.53. The van der Waals surface area contributed by atoms with Gasteiger partial charge >= 0.3 is 0 Å². The number of pyridine rings is 1. The monoisotopic (exact) mass is 478 g/mol. The summed E-state index contributed by atoms with van der Waals surface area (Å²) < 4.78 is 48.4. The molecule has 0 N–H and O–H groups in total. The average Bonchev–Trinajstić information content (AvgIpc) is 3.42. The number of carbonyl (C=O) groups is 1. The Bertz CT molecular complexity index is 1350. The third-order valence-corrected chi connectivity index (χ3v) is 5.82. The zero-order valence-corrected chi connectivity index (χ0v) is 18.8. The minimum atomic E-state index is -0.790. The van der Waals surface area contributed by atoms with E-state index in [4.69, 9.17) is 4.74 Å². The highest BCUT2D eigenvalue weighted by molar-refractivity contribution is 5.80. The molecule has 1 atom stereocenters. The van der Waals surface area contributed by atoms with E-state index >= 15 is 0 Å². The van der Waals surface area contributed by atoms with E-state index in [0.717, 1.165) is 35.5 Å². The van der Waals surface area contributed by atoms with Crippen LogP contribution < -0.4 is 0 Å². The van der Waals surface area contributed by atoms with Crippen LogP contribution in [0.25, 0.3) is 17.1 Å². The van der Waals surface area contributed by atoms with Crippen molar-refractivity contribution >= 4 is 5.91 Å². The maximum atomic E-state index is 13.9. The fraction of sp³-hybridized carbons (Fsp3) is 0.192. The molecule has 1 amide bonds. The van der Waals surface area contributed by atoms with E-state index in [2.05, 4.69) is 10.1 Å². The minimum absolute atomic E-state index is 0.116. The fourth-order valence-electron chi connectivity index (χ4n) is 4.04. The summed E-state index contributed by atoms with van der Waals surface area (Å²) in [6.45, 7) is 2.28.